The summed E-state index contributed by atoms with van der Waals surface area (Å²) in [6.07, 6.45) is 24.4. The largest absolute Gasteiger partial charge is 0.236 e. The number of hydrogen-bond acceptors (Lipinski definition) is 2. The Labute approximate surface area is 149 Å². The Morgan fingerprint density at radius 3 is 2.52 bits per heavy atom. The summed E-state index contributed by atoms with van der Waals surface area (Å²) < 4.78 is 0. The Balaban J connectivity index is 1.64. The summed E-state index contributed by atoms with van der Waals surface area (Å²) in [5.74, 6) is 0.613. The van der Waals surface area contributed by atoms with Crippen molar-refractivity contribution in [2.45, 2.75) is 44.4 Å². The lowest BCUT2D eigenvalue weighted by atomic mass is 9.95. The van der Waals surface area contributed by atoms with Crippen LogP contribution < -0.4 is 0 Å². The molecule has 0 amide bonds. The molecule has 2 nitrogen and oxygen atoms in total. The molecule has 1 fully saturated rings. The maximum atomic E-state index is 4.89. The fourth-order valence-electron chi connectivity index (χ4n) is 3.74. The molecule has 25 heavy (non-hydrogen) atoms. The van der Waals surface area contributed by atoms with Gasteiger partial charge in [-0.1, -0.05) is 68.2 Å². The van der Waals surface area contributed by atoms with Crippen LogP contribution in [0.2, 0.25) is 0 Å². The van der Waals surface area contributed by atoms with Gasteiger partial charge in [-0.25, -0.2) is 9.97 Å². The third-order valence-corrected chi connectivity index (χ3v) is 5.17. The molecule has 0 aliphatic heterocycles. The van der Waals surface area contributed by atoms with Crippen LogP contribution in [0, 0.1) is 0 Å². The van der Waals surface area contributed by atoms with Crippen molar-refractivity contribution in [1.29, 1.82) is 0 Å². The van der Waals surface area contributed by atoms with Crippen molar-refractivity contribution in [1.82, 2.24) is 9.97 Å². The van der Waals surface area contributed by atoms with E-state index in [4.69, 9.17) is 4.98 Å². The van der Waals surface area contributed by atoms with Gasteiger partial charge in [-0.15, -0.1) is 0 Å². The number of nitrogens with zero attached hydrogens (tertiary/aromatic N) is 2. The van der Waals surface area contributed by atoms with Crippen molar-refractivity contribution in [3.8, 4) is 0 Å². The molecular formula is C23H24N2. The van der Waals surface area contributed by atoms with Crippen LogP contribution in [-0.2, 0) is 0 Å². The van der Waals surface area contributed by atoms with E-state index >= 15 is 0 Å². The number of aromatic nitrogens is 2. The van der Waals surface area contributed by atoms with Gasteiger partial charge in [0.1, 0.15) is 0 Å². The van der Waals surface area contributed by atoms with Crippen LogP contribution >= 0.6 is 0 Å². The number of pyridine rings is 2. The zero-order valence-corrected chi connectivity index (χ0v) is 14.6. The Morgan fingerprint density at radius 2 is 1.64 bits per heavy atom. The smallest absolute Gasteiger partial charge is 0.159 e. The molecule has 0 N–H and O–H groups in total. The fraction of sp³-hybridized carbons (Fsp3) is 0.304. The second-order valence-corrected chi connectivity index (χ2v) is 6.95. The third-order valence-electron chi connectivity index (χ3n) is 5.17. The minimum absolute atomic E-state index is 0.613. The van der Waals surface area contributed by atoms with E-state index in [1.54, 1.807) is 0 Å². The van der Waals surface area contributed by atoms with Crippen LogP contribution in [0.25, 0.3) is 16.6 Å². The van der Waals surface area contributed by atoms with Gasteiger partial charge in [0.05, 0.1) is 0 Å². The lowest BCUT2D eigenvalue weighted by Gasteiger charge is -2.14. The van der Waals surface area contributed by atoms with Crippen LogP contribution in [0.3, 0.4) is 0 Å². The van der Waals surface area contributed by atoms with Crippen molar-refractivity contribution >= 4 is 16.6 Å². The van der Waals surface area contributed by atoms with Gasteiger partial charge in [0, 0.05) is 28.8 Å². The molecule has 0 spiro atoms. The molecule has 126 valence electrons. The average Bonchev–Trinajstić information content (AvgIpc) is 2.90. The van der Waals surface area contributed by atoms with Gasteiger partial charge in [-0.3, -0.25) is 0 Å². The summed E-state index contributed by atoms with van der Waals surface area (Å²) in [4.78, 5) is 9.55. The number of allylic oxidation sites excluding steroid dienone is 8. The van der Waals surface area contributed by atoms with Gasteiger partial charge in [0.2, 0.25) is 0 Å². The van der Waals surface area contributed by atoms with Crippen LogP contribution in [-0.4, -0.2) is 9.97 Å². The predicted molar refractivity (Wildman–Crippen MR) is 105 cm³/mol. The Kier molecular flexibility index (Phi) is 4.87. The van der Waals surface area contributed by atoms with Gasteiger partial charge >= 0.3 is 0 Å². The number of hydrogen-bond donors (Lipinski definition) is 0. The number of fused-ring (bicyclic) bond motifs is 1. The van der Waals surface area contributed by atoms with Crippen molar-refractivity contribution in [3.63, 3.8) is 0 Å². The van der Waals surface area contributed by atoms with Crippen LogP contribution in [0.4, 0.5) is 0 Å². The summed E-state index contributed by atoms with van der Waals surface area (Å²) in [6.45, 7) is 0. The normalized spacial score (nSPS) is 24.6. The Bertz CT molecular complexity index is 863. The van der Waals surface area contributed by atoms with E-state index < -0.39 is 0 Å². The molecule has 2 aromatic heterocycles. The highest BCUT2D eigenvalue weighted by Crippen LogP contribution is 2.31. The molecule has 2 aliphatic carbocycles. The standard InChI is InChI=1S/C23H24N2/c1-2-6-10-18(11-7-3-1)21-16-20-14-15-22(25-23(20)24-17-21)19-12-8-4-5-9-13-19/h1-3,6-7,10-11,14-17,19H,4-5,8-9,12-13H2/b2-1-,3-1?,6-2?,7-3-,10-6-,11-7?,18-10?,18-11+. The topological polar surface area (TPSA) is 25.8 Å². The molecule has 0 saturated heterocycles. The quantitative estimate of drug-likeness (QED) is 0.619. The first kappa shape index (κ1) is 16.0. The second-order valence-electron chi connectivity index (χ2n) is 6.95. The maximum Gasteiger partial charge on any atom is 0.159 e. The van der Waals surface area contributed by atoms with Crippen molar-refractivity contribution in [2.24, 2.45) is 0 Å². The summed E-state index contributed by atoms with van der Waals surface area (Å²) in [5, 5.41) is 1.12. The molecule has 1 saturated carbocycles. The predicted octanol–water partition coefficient (Wildman–Crippen LogP) is 6.13. The van der Waals surface area contributed by atoms with E-state index in [0.29, 0.717) is 5.92 Å². The third kappa shape index (κ3) is 3.79. The van der Waals surface area contributed by atoms with Crippen molar-refractivity contribution < 1.29 is 0 Å². The highest BCUT2D eigenvalue weighted by Gasteiger charge is 2.16. The lowest BCUT2D eigenvalue weighted by molar-refractivity contribution is 0.579. The zero-order valence-electron chi connectivity index (χ0n) is 14.6. The highest BCUT2D eigenvalue weighted by molar-refractivity contribution is 5.83. The molecule has 2 aliphatic rings. The molecule has 2 heteroatoms. The van der Waals surface area contributed by atoms with Gasteiger partial charge in [0.15, 0.2) is 5.65 Å². The van der Waals surface area contributed by atoms with Crippen molar-refractivity contribution in [2.75, 3.05) is 0 Å². The Hall–Kier alpha value is -2.48. The summed E-state index contributed by atoms with van der Waals surface area (Å²) in [5.41, 5.74) is 4.40. The van der Waals surface area contributed by atoms with E-state index in [1.165, 1.54) is 49.8 Å². The van der Waals surface area contributed by atoms with E-state index in [9.17, 15) is 0 Å². The van der Waals surface area contributed by atoms with Crippen LogP contribution in [0.15, 0.2) is 66.9 Å². The van der Waals surface area contributed by atoms with Gasteiger partial charge in [-0.2, -0.15) is 0 Å². The van der Waals surface area contributed by atoms with Crippen LogP contribution in [0.1, 0.15) is 55.7 Å². The average molecular weight is 328 g/mol. The highest BCUT2D eigenvalue weighted by atomic mass is 14.8. The van der Waals surface area contributed by atoms with Crippen molar-refractivity contribution in [3.05, 3.63) is 78.2 Å². The Morgan fingerprint density at radius 1 is 0.840 bits per heavy atom. The minimum atomic E-state index is 0.613. The molecule has 0 atom stereocenters. The van der Waals surface area contributed by atoms with E-state index in [1.807, 2.05) is 24.4 Å². The van der Waals surface area contributed by atoms with E-state index in [-0.39, 0.29) is 0 Å². The summed E-state index contributed by atoms with van der Waals surface area (Å²) in [6, 6.07) is 6.61. The van der Waals surface area contributed by atoms with Gasteiger partial charge < -0.3 is 0 Å². The van der Waals surface area contributed by atoms with E-state index in [0.717, 1.165) is 16.6 Å². The first-order valence-electron chi connectivity index (χ1n) is 9.39. The first-order valence-corrected chi connectivity index (χ1v) is 9.39. The molecule has 2 aromatic rings. The fourth-order valence-corrected chi connectivity index (χ4v) is 3.74. The molecule has 0 bridgehead atoms. The maximum absolute atomic E-state index is 4.89. The van der Waals surface area contributed by atoms with Gasteiger partial charge in [0.25, 0.3) is 0 Å². The first-order chi connectivity index (χ1) is 12.4. The molecular weight excluding hydrogens is 304 g/mol. The monoisotopic (exact) mass is 328 g/mol. The molecule has 4 rings (SSSR count). The van der Waals surface area contributed by atoms with Crippen LogP contribution in [0.5, 0.6) is 0 Å². The summed E-state index contributed by atoms with van der Waals surface area (Å²) >= 11 is 0. The minimum Gasteiger partial charge on any atom is -0.236 e. The van der Waals surface area contributed by atoms with E-state index in [2.05, 4.69) is 47.5 Å². The molecule has 2 heterocycles. The van der Waals surface area contributed by atoms with Gasteiger partial charge in [-0.05, 0) is 36.6 Å². The summed E-state index contributed by atoms with van der Waals surface area (Å²) in [7, 11) is 0. The lowest BCUT2D eigenvalue weighted by Crippen LogP contribution is -2.01. The molecule has 0 aromatic carbocycles. The zero-order chi connectivity index (χ0) is 16.9. The number of rotatable bonds is 2. The molecule has 0 unspecified atom stereocenters. The molecule has 0 radical (unpaired) electrons. The second kappa shape index (κ2) is 7.60. The SMILES string of the molecule is C1=C\C=C/C(c2cnc3nc(C4CCCCCC4)ccc3c2)=C\C=C/1.